The fourth-order valence-corrected chi connectivity index (χ4v) is 9.98. The summed E-state index contributed by atoms with van der Waals surface area (Å²) in [6, 6.07) is 0. The van der Waals surface area contributed by atoms with Crippen molar-refractivity contribution >= 4 is 5.97 Å². The van der Waals surface area contributed by atoms with Gasteiger partial charge in [0.1, 0.15) is 6.10 Å². The quantitative estimate of drug-likeness (QED) is 0.278. The van der Waals surface area contributed by atoms with E-state index in [1.807, 2.05) is 11.1 Å². The first-order valence-corrected chi connectivity index (χ1v) is 14.9. The molecule has 0 saturated heterocycles. The third-order valence-corrected chi connectivity index (χ3v) is 12.3. The summed E-state index contributed by atoms with van der Waals surface area (Å²) in [5, 5.41) is 0. The van der Waals surface area contributed by atoms with Gasteiger partial charge in [0.05, 0.1) is 0 Å². The first-order chi connectivity index (χ1) is 16.4. The molecule has 0 bridgehead atoms. The molecule has 0 aromatic rings. The minimum absolute atomic E-state index is 0.108. The molecule has 0 spiro atoms. The van der Waals surface area contributed by atoms with Gasteiger partial charge in [-0.25, -0.2) is 0 Å². The van der Waals surface area contributed by atoms with Gasteiger partial charge in [-0.05, 0) is 117 Å². The molecule has 8 atom stereocenters. The molecule has 0 unspecified atom stereocenters. The van der Waals surface area contributed by atoms with Gasteiger partial charge in [-0.1, -0.05) is 71.3 Å². The number of ether oxygens (including phenoxy) is 1. The summed E-state index contributed by atoms with van der Waals surface area (Å²) in [7, 11) is 0. The minimum Gasteiger partial charge on any atom is -0.462 e. The predicted molar refractivity (Wildman–Crippen MR) is 147 cm³/mol. The van der Waals surface area contributed by atoms with Crippen molar-refractivity contribution in [1.29, 1.82) is 0 Å². The molecule has 2 saturated carbocycles. The van der Waals surface area contributed by atoms with Gasteiger partial charge in [0.15, 0.2) is 0 Å². The van der Waals surface area contributed by atoms with Crippen LogP contribution in [0.4, 0.5) is 0 Å². The summed E-state index contributed by atoms with van der Waals surface area (Å²) in [6.07, 6.45) is 15.3. The van der Waals surface area contributed by atoms with Crippen molar-refractivity contribution in [2.75, 3.05) is 0 Å². The number of hydrogen-bond acceptors (Lipinski definition) is 2. The van der Waals surface area contributed by atoms with Crippen LogP contribution in [0.3, 0.4) is 0 Å². The summed E-state index contributed by atoms with van der Waals surface area (Å²) in [4.78, 5) is 11.7. The zero-order chi connectivity index (χ0) is 25.8. The molecule has 2 nitrogen and oxygen atoms in total. The lowest BCUT2D eigenvalue weighted by molar-refractivity contribution is -0.155. The van der Waals surface area contributed by atoms with E-state index in [2.05, 4.69) is 61.5 Å². The van der Waals surface area contributed by atoms with Crippen molar-refractivity contribution in [3.05, 3.63) is 22.8 Å². The maximum atomic E-state index is 11.7. The second-order valence-electron chi connectivity index (χ2n) is 14.0. The van der Waals surface area contributed by atoms with E-state index in [0.29, 0.717) is 34.0 Å². The lowest BCUT2D eigenvalue weighted by atomic mass is 9.45. The highest BCUT2D eigenvalue weighted by atomic mass is 16.5. The Bertz CT molecular complexity index is 880. The summed E-state index contributed by atoms with van der Waals surface area (Å²) >= 11 is 0. The zero-order valence-electron chi connectivity index (χ0n) is 24.4. The number of carbonyl (C=O) groups is 1. The van der Waals surface area contributed by atoms with E-state index in [9.17, 15) is 4.79 Å². The highest BCUT2D eigenvalue weighted by molar-refractivity contribution is 5.66. The normalized spacial score (nSPS) is 42.4. The Morgan fingerprint density at radius 3 is 2.37 bits per heavy atom. The van der Waals surface area contributed by atoms with Crippen LogP contribution in [0.2, 0.25) is 0 Å². The van der Waals surface area contributed by atoms with E-state index >= 15 is 0 Å². The fourth-order valence-electron chi connectivity index (χ4n) is 9.98. The van der Waals surface area contributed by atoms with Crippen LogP contribution in [0, 0.1) is 45.8 Å². The van der Waals surface area contributed by atoms with E-state index < -0.39 is 0 Å². The minimum atomic E-state index is -0.108. The highest BCUT2D eigenvalue weighted by Crippen LogP contribution is 2.71. The smallest absolute Gasteiger partial charge is 0.302 e. The van der Waals surface area contributed by atoms with Crippen molar-refractivity contribution in [3.63, 3.8) is 0 Å². The molecule has 35 heavy (non-hydrogen) atoms. The molecule has 0 aromatic carbocycles. The van der Waals surface area contributed by atoms with Crippen LogP contribution < -0.4 is 0 Å². The van der Waals surface area contributed by atoms with E-state index in [0.717, 1.165) is 18.3 Å². The SMILES string of the molecule is C/C=C(/CC[C@@H](C)[C@H]1CC[C@@]2(C)C3=C(CC[C@]12C)[C@@]1(C)CC[C@H](OC(C)=O)[C@@H](C)[C@@H]1CC3)C(C)C. The van der Waals surface area contributed by atoms with Crippen molar-refractivity contribution in [2.24, 2.45) is 45.8 Å². The first kappa shape index (κ1) is 27.0. The van der Waals surface area contributed by atoms with Gasteiger partial charge >= 0.3 is 5.97 Å². The molecule has 2 heteroatoms. The summed E-state index contributed by atoms with van der Waals surface area (Å²) < 4.78 is 5.78. The second-order valence-corrected chi connectivity index (χ2v) is 14.0. The standard InChI is InChI=1S/C33H54O2/c1-10-25(21(2)3)12-11-22(4)26-15-19-33(9)29-14-13-27-23(5)30(35-24(6)34)17-18-31(27,7)28(29)16-20-32(26,33)8/h10,21-23,26-27,30H,11-20H2,1-9H3/b25-10-/t22-,23+,26-,27+,30+,31+,32-,33+/m1/s1. The largest absolute Gasteiger partial charge is 0.462 e. The van der Waals surface area contributed by atoms with Crippen LogP contribution in [0.25, 0.3) is 0 Å². The molecule has 0 aliphatic heterocycles. The number of hydrogen-bond donors (Lipinski definition) is 0. The fraction of sp³-hybridized carbons (Fsp3) is 0.848. The van der Waals surface area contributed by atoms with Crippen LogP contribution >= 0.6 is 0 Å². The molecule has 4 aliphatic rings. The van der Waals surface area contributed by atoms with Gasteiger partial charge in [-0.15, -0.1) is 0 Å². The highest BCUT2D eigenvalue weighted by Gasteiger charge is 2.62. The molecule has 4 rings (SSSR count). The molecule has 0 aromatic heterocycles. The van der Waals surface area contributed by atoms with Crippen molar-refractivity contribution < 1.29 is 9.53 Å². The van der Waals surface area contributed by atoms with E-state index in [1.165, 1.54) is 57.8 Å². The molecule has 0 amide bonds. The zero-order valence-corrected chi connectivity index (χ0v) is 24.4. The average molecular weight is 483 g/mol. The monoisotopic (exact) mass is 482 g/mol. The Morgan fingerprint density at radius 1 is 1.03 bits per heavy atom. The lowest BCUT2D eigenvalue weighted by Gasteiger charge is -2.60. The Kier molecular flexibility index (Phi) is 7.47. The Morgan fingerprint density at radius 2 is 1.74 bits per heavy atom. The molecule has 0 radical (unpaired) electrons. The number of rotatable bonds is 6. The Balaban J connectivity index is 1.57. The van der Waals surface area contributed by atoms with Gasteiger partial charge < -0.3 is 4.74 Å². The van der Waals surface area contributed by atoms with Crippen LogP contribution in [-0.2, 0) is 9.53 Å². The van der Waals surface area contributed by atoms with Crippen LogP contribution in [0.15, 0.2) is 22.8 Å². The molecule has 0 heterocycles. The second kappa shape index (κ2) is 9.68. The van der Waals surface area contributed by atoms with Gasteiger partial charge in [-0.2, -0.15) is 0 Å². The average Bonchev–Trinajstić information content (AvgIpc) is 3.07. The Labute approximate surface area is 216 Å². The van der Waals surface area contributed by atoms with Crippen molar-refractivity contribution in [2.45, 2.75) is 133 Å². The first-order valence-electron chi connectivity index (χ1n) is 14.9. The van der Waals surface area contributed by atoms with Crippen LogP contribution in [0.1, 0.15) is 127 Å². The lowest BCUT2D eigenvalue weighted by Crippen LogP contribution is -2.52. The number of carbonyl (C=O) groups excluding carboxylic acids is 1. The van der Waals surface area contributed by atoms with E-state index in [4.69, 9.17) is 4.74 Å². The number of allylic oxidation sites excluding steroid dienone is 4. The Hall–Kier alpha value is -1.05. The molecular weight excluding hydrogens is 428 g/mol. The molecule has 0 N–H and O–H groups in total. The van der Waals surface area contributed by atoms with E-state index in [1.54, 1.807) is 12.5 Å². The molecule has 4 aliphatic carbocycles. The number of esters is 1. The summed E-state index contributed by atoms with van der Waals surface area (Å²) in [5.41, 5.74) is 6.45. The summed E-state index contributed by atoms with van der Waals surface area (Å²) in [6.45, 7) is 21.3. The molecule has 198 valence electrons. The van der Waals surface area contributed by atoms with Crippen molar-refractivity contribution in [1.82, 2.24) is 0 Å². The van der Waals surface area contributed by atoms with Crippen molar-refractivity contribution in [3.8, 4) is 0 Å². The molecular formula is C33H54O2. The number of fused-ring (bicyclic) bond motifs is 4. The van der Waals surface area contributed by atoms with Gasteiger partial charge in [-0.3, -0.25) is 4.79 Å². The maximum absolute atomic E-state index is 11.7. The third kappa shape index (κ3) is 4.27. The maximum Gasteiger partial charge on any atom is 0.302 e. The molecule has 2 fully saturated rings. The topological polar surface area (TPSA) is 26.3 Å². The predicted octanol–water partition coefficient (Wildman–Crippen LogP) is 9.30. The van der Waals surface area contributed by atoms with Gasteiger partial charge in [0.2, 0.25) is 0 Å². The van der Waals surface area contributed by atoms with Gasteiger partial charge in [0.25, 0.3) is 0 Å². The van der Waals surface area contributed by atoms with Gasteiger partial charge in [0, 0.05) is 6.92 Å². The third-order valence-electron chi connectivity index (χ3n) is 12.3. The summed E-state index contributed by atoms with van der Waals surface area (Å²) in [5.74, 6) is 3.32. The van der Waals surface area contributed by atoms with E-state index in [-0.39, 0.29) is 12.1 Å². The van der Waals surface area contributed by atoms with Crippen LogP contribution in [0.5, 0.6) is 0 Å². The van der Waals surface area contributed by atoms with Crippen LogP contribution in [-0.4, -0.2) is 12.1 Å².